The molecule has 2 N–H and O–H groups in total. The van der Waals surface area contributed by atoms with Gasteiger partial charge in [0.25, 0.3) is 5.91 Å². The first-order valence-electron chi connectivity index (χ1n) is 6.61. The molecule has 0 aromatic heterocycles. The van der Waals surface area contributed by atoms with Gasteiger partial charge in [0.2, 0.25) is 0 Å². The molecule has 1 atom stereocenters. The van der Waals surface area contributed by atoms with E-state index in [-0.39, 0.29) is 5.91 Å². The Bertz CT molecular complexity index is 478. The molecule has 5 heteroatoms. The summed E-state index contributed by atoms with van der Waals surface area (Å²) in [7, 11) is 0. The lowest BCUT2D eigenvalue weighted by Crippen LogP contribution is -2.53. The maximum Gasteiger partial charge on any atom is 0.256 e. The third-order valence-electron chi connectivity index (χ3n) is 3.70. The standard InChI is InChI=1S/C14H20ClN3O/c1-3-17-6-7-18(9-10(17)2)14(19)12-5-4-11(15)8-13(12)16/h4-5,8,10H,3,6-7,9,16H2,1-2H3. The van der Waals surface area contributed by atoms with Gasteiger partial charge in [0, 0.05) is 36.4 Å². The Hall–Kier alpha value is -1.26. The number of benzene rings is 1. The first-order chi connectivity index (χ1) is 9.02. The summed E-state index contributed by atoms with van der Waals surface area (Å²) >= 11 is 5.86. The number of anilines is 1. The van der Waals surface area contributed by atoms with Crippen molar-refractivity contribution in [1.29, 1.82) is 0 Å². The zero-order chi connectivity index (χ0) is 14.0. The van der Waals surface area contributed by atoms with E-state index in [0.717, 1.165) is 26.2 Å². The van der Waals surface area contributed by atoms with Crippen molar-refractivity contribution in [2.45, 2.75) is 19.9 Å². The second-order valence-corrected chi connectivity index (χ2v) is 5.40. The van der Waals surface area contributed by atoms with Crippen molar-refractivity contribution in [2.75, 3.05) is 31.9 Å². The number of nitrogen functional groups attached to an aromatic ring is 1. The molecule has 1 amide bonds. The third kappa shape index (κ3) is 3.01. The molecule has 1 aromatic rings. The fourth-order valence-corrected chi connectivity index (χ4v) is 2.73. The number of hydrogen-bond acceptors (Lipinski definition) is 3. The average Bonchev–Trinajstić information content (AvgIpc) is 2.38. The summed E-state index contributed by atoms with van der Waals surface area (Å²) in [6.07, 6.45) is 0. The number of rotatable bonds is 2. The van der Waals surface area contributed by atoms with E-state index in [4.69, 9.17) is 17.3 Å². The van der Waals surface area contributed by atoms with Gasteiger partial charge in [0.05, 0.1) is 5.56 Å². The minimum absolute atomic E-state index is 0.00299. The van der Waals surface area contributed by atoms with Crippen LogP contribution in [0.1, 0.15) is 24.2 Å². The van der Waals surface area contributed by atoms with E-state index >= 15 is 0 Å². The SMILES string of the molecule is CCN1CCN(C(=O)c2ccc(Cl)cc2N)CC1C. The number of carbonyl (C=O) groups excluding carboxylic acids is 1. The van der Waals surface area contributed by atoms with E-state index in [1.54, 1.807) is 18.2 Å². The Balaban J connectivity index is 2.12. The molecular weight excluding hydrogens is 262 g/mol. The number of piperazine rings is 1. The van der Waals surface area contributed by atoms with Gasteiger partial charge in [-0.15, -0.1) is 0 Å². The van der Waals surface area contributed by atoms with Crippen LogP contribution < -0.4 is 5.73 Å². The Morgan fingerprint density at radius 3 is 2.79 bits per heavy atom. The van der Waals surface area contributed by atoms with Crippen LogP contribution in [0.25, 0.3) is 0 Å². The summed E-state index contributed by atoms with van der Waals surface area (Å²) in [5, 5.41) is 0.554. The average molecular weight is 282 g/mol. The minimum atomic E-state index is -0.00299. The second kappa shape index (κ2) is 5.80. The van der Waals surface area contributed by atoms with E-state index in [1.165, 1.54) is 0 Å². The fourth-order valence-electron chi connectivity index (χ4n) is 2.55. The van der Waals surface area contributed by atoms with Crippen molar-refractivity contribution in [3.05, 3.63) is 28.8 Å². The van der Waals surface area contributed by atoms with Gasteiger partial charge in [-0.2, -0.15) is 0 Å². The van der Waals surface area contributed by atoms with E-state index in [2.05, 4.69) is 18.7 Å². The molecule has 0 aliphatic carbocycles. The molecule has 1 aliphatic heterocycles. The lowest BCUT2D eigenvalue weighted by Gasteiger charge is -2.39. The summed E-state index contributed by atoms with van der Waals surface area (Å²) in [5.74, 6) is -0.00299. The number of hydrogen-bond donors (Lipinski definition) is 1. The number of likely N-dealkylation sites (N-methyl/N-ethyl adjacent to an activating group) is 1. The molecule has 0 radical (unpaired) electrons. The van der Waals surface area contributed by atoms with E-state index < -0.39 is 0 Å². The molecule has 1 heterocycles. The molecule has 1 unspecified atom stereocenters. The number of halogens is 1. The largest absolute Gasteiger partial charge is 0.398 e. The van der Waals surface area contributed by atoms with Gasteiger partial charge < -0.3 is 10.6 Å². The van der Waals surface area contributed by atoms with Gasteiger partial charge in [0.1, 0.15) is 0 Å². The number of nitrogens with zero attached hydrogens (tertiary/aromatic N) is 2. The molecule has 1 aliphatic rings. The molecule has 0 bridgehead atoms. The predicted octanol–water partition coefficient (Wildman–Crippen LogP) is 2.09. The molecule has 104 valence electrons. The Morgan fingerprint density at radius 1 is 1.47 bits per heavy atom. The van der Waals surface area contributed by atoms with Crippen molar-refractivity contribution in [1.82, 2.24) is 9.80 Å². The number of amides is 1. The predicted molar refractivity (Wildman–Crippen MR) is 78.5 cm³/mol. The lowest BCUT2D eigenvalue weighted by atomic mass is 10.1. The zero-order valence-corrected chi connectivity index (χ0v) is 12.2. The molecule has 1 saturated heterocycles. The van der Waals surface area contributed by atoms with Crippen molar-refractivity contribution >= 4 is 23.2 Å². The Kier molecular flexibility index (Phi) is 4.32. The summed E-state index contributed by atoms with van der Waals surface area (Å²) in [6, 6.07) is 5.42. The second-order valence-electron chi connectivity index (χ2n) is 4.96. The maximum atomic E-state index is 12.5. The van der Waals surface area contributed by atoms with Gasteiger partial charge >= 0.3 is 0 Å². The summed E-state index contributed by atoms with van der Waals surface area (Å²) in [6.45, 7) is 7.72. The van der Waals surface area contributed by atoms with Crippen molar-refractivity contribution in [2.24, 2.45) is 0 Å². The van der Waals surface area contributed by atoms with Crippen LogP contribution in [0.2, 0.25) is 5.02 Å². The minimum Gasteiger partial charge on any atom is -0.398 e. The van der Waals surface area contributed by atoms with Gasteiger partial charge in [-0.25, -0.2) is 0 Å². The number of carbonyl (C=O) groups is 1. The topological polar surface area (TPSA) is 49.6 Å². The van der Waals surface area contributed by atoms with Crippen LogP contribution in [0.4, 0.5) is 5.69 Å². The van der Waals surface area contributed by atoms with Crippen LogP contribution >= 0.6 is 11.6 Å². The highest BCUT2D eigenvalue weighted by molar-refractivity contribution is 6.31. The van der Waals surface area contributed by atoms with Crippen LogP contribution in [-0.2, 0) is 0 Å². The first kappa shape index (κ1) is 14.2. The monoisotopic (exact) mass is 281 g/mol. The number of nitrogens with two attached hydrogens (primary N) is 1. The van der Waals surface area contributed by atoms with Gasteiger partial charge in [-0.3, -0.25) is 9.69 Å². The molecule has 2 rings (SSSR count). The molecule has 1 fully saturated rings. The molecule has 19 heavy (non-hydrogen) atoms. The first-order valence-corrected chi connectivity index (χ1v) is 6.99. The summed E-state index contributed by atoms with van der Waals surface area (Å²) in [5.41, 5.74) is 6.87. The van der Waals surface area contributed by atoms with Gasteiger partial charge in [-0.05, 0) is 31.7 Å². The zero-order valence-electron chi connectivity index (χ0n) is 11.4. The normalized spacial score (nSPS) is 20.6. The van der Waals surface area contributed by atoms with Gasteiger partial charge in [0.15, 0.2) is 0 Å². The quantitative estimate of drug-likeness (QED) is 0.845. The smallest absolute Gasteiger partial charge is 0.256 e. The molecule has 0 saturated carbocycles. The van der Waals surface area contributed by atoms with Gasteiger partial charge in [-0.1, -0.05) is 18.5 Å². The maximum absolute atomic E-state index is 12.5. The highest BCUT2D eigenvalue weighted by atomic mass is 35.5. The fraction of sp³-hybridized carbons (Fsp3) is 0.500. The van der Waals surface area contributed by atoms with Crippen LogP contribution in [0, 0.1) is 0 Å². The van der Waals surface area contributed by atoms with Crippen molar-refractivity contribution in [3.63, 3.8) is 0 Å². The van der Waals surface area contributed by atoms with Crippen LogP contribution in [0.15, 0.2) is 18.2 Å². The lowest BCUT2D eigenvalue weighted by molar-refractivity contribution is 0.0529. The third-order valence-corrected chi connectivity index (χ3v) is 3.94. The molecule has 4 nitrogen and oxygen atoms in total. The van der Waals surface area contributed by atoms with Crippen LogP contribution in [-0.4, -0.2) is 47.9 Å². The highest BCUT2D eigenvalue weighted by Crippen LogP contribution is 2.21. The highest BCUT2D eigenvalue weighted by Gasteiger charge is 2.27. The van der Waals surface area contributed by atoms with Crippen molar-refractivity contribution < 1.29 is 4.79 Å². The summed E-state index contributed by atoms with van der Waals surface area (Å²) in [4.78, 5) is 16.7. The van der Waals surface area contributed by atoms with E-state index in [9.17, 15) is 4.79 Å². The van der Waals surface area contributed by atoms with E-state index in [1.807, 2.05) is 4.90 Å². The summed E-state index contributed by atoms with van der Waals surface area (Å²) < 4.78 is 0. The Labute approximate surface area is 119 Å². The molecule has 0 spiro atoms. The van der Waals surface area contributed by atoms with Crippen molar-refractivity contribution in [3.8, 4) is 0 Å². The van der Waals surface area contributed by atoms with E-state index in [0.29, 0.717) is 22.3 Å². The Morgan fingerprint density at radius 2 is 2.21 bits per heavy atom. The van der Waals surface area contributed by atoms with Crippen LogP contribution in [0.5, 0.6) is 0 Å². The molecule has 1 aromatic carbocycles. The van der Waals surface area contributed by atoms with Crippen LogP contribution in [0.3, 0.4) is 0 Å². The molecular formula is C14H20ClN3O.